The Labute approximate surface area is 108 Å². The van der Waals surface area contributed by atoms with Crippen molar-refractivity contribution < 1.29 is 17.9 Å². The van der Waals surface area contributed by atoms with Gasteiger partial charge in [0.05, 0.1) is 11.3 Å². The number of halogens is 3. The zero-order valence-corrected chi connectivity index (χ0v) is 10.2. The van der Waals surface area contributed by atoms with E-state index in [1.165, 1.54) is 6.07 Å². The minimum Gasteiger partial charge on any atom is -0.455 e. The van der Waals surface area contributed by atoms with Gasteiger partial charge in [-0.2, -0.15) is 13.2 Å². The highest BCUT2D eigenvalue weighted by Gasteiger charge is 2.30. The van der Waals surface area contributed by atoms with Gasteiger partial charge in [0.1, 0.15) is 11.5 Å². The summed E-state index contributed by atoms with van der Waals surface area (Å²) in [4.78, 5) is 0. The van der Waals surface area contributed by atoms with Crippen molar-refractivity contribution in [2.75, 3.05) is 5.73 Å². The average molecular weight is 267 g/mol. The second-order valence-electron chi connectivity index (χ2n) is 4.17. The predicted octanol–water partition coefficient (Wildman–Crippen LogP) is 4.39. The molecule has 2 aromatic rings. The first-order valence-electron chi connectivity index (χ1n) is 5.57. The lowest BCUT2D eigenvalue weighted by molar-refractivity contribution is -0.137. The number of aryl methyl sites for hydroxylation is 1. The van der Waals surface area contributed by atoms with E-state index in [4.69, 9.17) is 10.5 Å². The zero-order chi connectivity index (χ0) is 14.0. The largest absolute Gasteiger partial charge is 0.455 e. The first kappa shape index (κ1) is 13.3. The molecule has 0 spiro atoms. The molecule has 0 aliphatic heterocycles. The molecule has 0 heterocycles. The quantitative estimate of drug-likeness (QED) is 0.819. The molecule has 5 heteroatoms. The molecule has 2 rings (SSSR count). The van der Waals surface area contributed by atoms with Crippen LogP contribution in [0.25, 0.3) is 0 Å². The summed E-state index contributed by atoms with van der Waals surface area (Å²) in [5.41, 5.74) is 5.80. The van der Waals surface area contributed by atoms with Crippen LogP contribution in [0.3, 0.4) is 0 Å². The highest BCUT2D eigenvalue weighted by molar-refractivity contribution is 5.56. The minimum absolute atomic E-state index is 0.0459. The highest BCUT2D eigenvalue weighted by atomic mass is 19.4. The smallest absolute Gasteiger partial charge is 0.416 e. The van der Waals surface area contributed by atoms with Crippen molar-refractivity contribution in [1.82, 2.24) is 0 Å². The molecule has 0 unspecified atom stereocenters. The SMILES string of the molecule is Cc1ccc(Oc2ccc(C(F)(F)F)cc2N)cc1. The third kappa shape index (κ3) is 3.19. The van der Waals surface area contributed by atoms with Crippen LogP contribution in [0.15, 0.2) is 42.5 Å². The van der Waals surface area contributed by atoms with E-state index in [0.29, 0.717) is 5.75 Å². The molecule has 0 radical (unpaired) electrons. The number of rotatable bonds is 2. The average Bonchev–Trinajstić information content (AvgIpc) is 2.33. The molecule has 2 aromatic carbocycles. The molecule has 0 saturated heterocycles. The first-order valence-corrected chi connectivity index (χ1v) is 5.57. The van der Waals surface area contributed by atoms with Crippen molar-refractivity contribution in [3.8, 4) is 11.5 Å². The summed E-state index contributed by atoms with van der Waals surface area (Å²) < 4.78 is 42.9. The summed E-state index contributed by atoms with van der Waals surface area (Å²) in [6, 6.07) is 10.2. The van der Waals surface area contributed by atoms with Gasteiger partial charge in [0.15, 0.2) is 0 Å². The maximum atomic E-state index is 12.5. The number of nitrogen functional groups attached to an aromatic ring is 1. The number of alkyl halides is 3. The summed E-state index contributed by atoms with van der Waals surface area (Å²) in [6.07, 6.45) is -4.41. The number of hydrogen-bond acceptors (Lipinski definition) is 2. The van der Waals surface area contributed by atoms with Crippen LogP contribution >= 0.6 is 0 Å². The van der Waals surface area contributed by atoms with E-state index in [1.807, 2.05) is 19.1 Å². The minimum atomic E-state index is -4.41. The Morgan fingerprint density at radius 3 is 2.16 bits per heavy atom. The van der Waals surface area contributed by atoms with E-state index >= 15 is 0 Å². The lowest BCUT2D eigenvalue weighted by atomic mass is 10.2. The Morgan fingerprint density at radius 2 is 1.63 bits per heavy atom. The van der Waals surface area contributed by atoms with Crippen LogP contribution in [-0.2, 0) is 6.18 Å². The van der Waals surface area contributed by atoms with Crippen LogP contribution in [0.1, 0.15) is 11.1 Å². The van der Waals surface area contributed by atoms with Gasteiger partial charge in [-0.15, -0.1) is 0 Å². The lowest BCUT2D eigenvalue weighted by Crippen LogP contribution is -2.05. The molecule has 19 heavy (non-hydrogen) atoms. The van der Waals surface area contributed by atoms with E-state index in [9.17, 15) is 13.2 Å². The molecular weight excluding hydrogens is 255 g/mol. The molecule has 0 aliphatic carbocycles. The van der Waals surface area contributed by atoms with E-state index in [0.717, 1.165) is 17.7 Å². The molecule has 2 nitrogen and oxygen atoms in total. The molecule has 0 atom stereocenters. The fourth-order valence-corrected chi connectivity index (χ4v) is 1.55. The van der Waals surface area contributed by atoms with Crippen molar-refractivity contribution >= 4 is 5.69 Å². The Morgan fingerprint density at radius 1 is 1.00 bits per heavy atom. The number of benzene rings is 2. The number of nitrogens with two attached hydrogens (primary N) is 1. The standard InChI is InChI=1S/C14H12F3NO/c1-9-2-5-11(6-3-9)19-13-7-4-10(8-12(13)18)14(15,16)17/h2-8H,18H2,1H3. The molecule has 0 fully saturated rings. The van der Waals surface area contributed by atoms with Crippen LogP contribution in [0.2, 0.25) is 0 Å². The van der Waals surface area contributed by atoms with Crippen molar-refractivity contribution in [2.24, 2.45) is 0 Å². The molecule has 0 amide bonds. The van der Waals surface area contributed by atoms with Crippen LogP contribution in [0, 0.1) is 6.92 Å². The molecule has 0 saturated carbocycles. The second kappa shape index (κ2) is 4.84. The molecular formula is C14H12F3NO. The van der Waals surface area contributed by atoms with Gasteiger partial charge in [0.2, 0.25) is 0 Å². The molecule has 0 aliphatic rings. The van der Waals surface area contributed by atoms with E-state index < -0.39 is 11.7 Å². The van der Waals surface area contributed by atoms with Crippen LogP contribution in [0.5, 0.6) is 11.5 Å². The topological polar surface area (TPSA) is 35.2 Å². The predicted molar refractivity (Wildman–Crippen MR) is 67.1 cm³/mol. The maximum absolute atomic E-state index is 12.5. The Balaban J connectivity index is 2.24. The third-order valence-electron chi connectivity index (χ3n) is 2.59. The lowest BCUT2D eigenvalue weighted by Gasteiger charge is -2.12. The van der Waals surface area contributed by atoms with Gasteiger partial charge in [0, 0.05) is 0 Å². The van der Waals surface area contributed by atoms with Gasteiger partial charge < -0.3 is 10.5 Å². The molecule has 100 valence electrons. The number of anilines is 1. The van der Waals surface area contributed by atoms with Crippen molar-refractivity contribution in [1.29, 1.82) is 0 Å². The highest BCUT2D eigenvalue weighted by Crippen LogP contribution is 2.35. The zero-order valence-electron chi connectivity index (χ0n) is 10.2. The first-order chi connectivity index (χ1) is 8.86. The summed E-state index contributed by atoms with van der Waals surface area (Å²) in [5, 5.41) is 0. The van der Waals surface area contributed by atoms with Crippen LogP contribution < -0.4 is 10.5 Å². The van der Waals surface area contributed by atoms with E-state index in [2.05, 4.69) is 0 Å². The van der Waals surface area contributed by atoms with Crippen LogP contribution in [-0.4, -0.2) is 0 Å². The monoisotopic (exact) mass is 267 g/mol. The van der Waals surface area contributed by atoms with E-state index in [1.54, 1.807) is 12.1 Å². The van der Waals surface area contributed by atoms with Gasteiger partial charge >= 0.3 is 6.18 Å². The van der Waals surface area contributed by atoms with Gasteiger partial charge in [0.25, 0.3) is 0 Å². The van der Waals surface area contributed by atoms with Gasteiger partial charge in [-0.3, -0.25) is 0 Å². The number of hydrogen-bond donors (Lipinski definition) is 1. The second-order valence-corrected chi connectivity index (χ2v) is 4.17. The van der Waals surface area contributed by atoms with Gasteiger partial charge in [-0.1, -0.05) is 17.7 Å². The van der Waals surface area contributed by atoms with Crippen molar-refractivity contribution in [3.05, 3.63) is 53.6 Å². The molecule has 0 bridgehead atoms. The fraction of sp³-hybridized carbons (Fsp3) is 0.143. The van der Waals surface area contributed by atoms with Gasteiger partial charge in [-0.25, -0.2) is 0 Å². The van der Waals surface area contributed by atoms with Gasteiger partial charge in [-0.05, 0) is 37.3 Å². The normalized spacial score (nSPS) is 11.4. The van der Waals surface area contributed by atoms with Crippen molar-refractivity contribution in [3.63, 3.8) is 0 Å². The Bertz CT molecular complexity index is 576. The summed E-state index contributed by atoms with van der Waals surface area (Å²) >= 11 is 0. The number of ether oxygens (including phenoxy) is 1. The van der Waals surface area contributed by atoms with E-state index in [-0.39, 0.29) is 11.4 Å². The van der Waals surface area contributed by atoms with Crippen LogP contribution in [0.4, 0.5) is 18.9 Å². The summed E-state index contributed by atoms with van der Waals surface area (Å²) in [7, 11) is 0. The molecule has 2 N–H and O–H groups in total. The Kier molecular flexibility index (Phi) is 3.38. The third-order valence-corrected chi connectivity index (χ3v) is 2.59. The molecule has 0 aromatic heterocycles. The summed E-state index contributed by atoms with van der Waals surface area (Å²) in [6.45, 7) is 1.93. The summed E-state index contributed by atoms with van der Waals surface area (Å²) in [5.74, 6) is 0.730. The maximum Gasteiger partial charge on any atom is 0.416 e. The van der Waals surface area contributed by atoms with Crippen molar-refractivity contribution in [2.45, 2.75) is 13.1 Å². The Hall–Kier alpha value is -2.17. The fourth-order valence-electron chi connectivity index (χ4n) is 1.55.